The van der Waals surface area contributed by atoms with Gasteiger partial charge >= 0.3 is 0 Å². The molecule has 0 spiro atoms. The Morgan fingerprint density at radius 1 is 0.842 bits per heavy atom. The van der Waals surface area contributed by atoms with Crippen molar-refractivity contribution < 1.29 is 9.53 Å². The number of carbonyl (C=O) groups is 1. The number of carbonyl (C=O) groups excluding carboxylic acids is 1. The number of ether oxygens (including phenoxy) is 1. The molecule has 4 aromatic carbocycles. The Labute approximate surface area is 223 Å². The molecule has 1 aromatic heterocycles. The summed E-state index contributed by atoms with van der Waals surface area (Å²) in [7, 11) is 1.64. The topological polar surface area (TPSA) is 56.1 Å². The van der Waals surface area contributed by atoms with Crippen molar-refractivity contribution in [2.24, 2.45) is 0 Å². The van der Waals surface area contributed by atoms with Gasteiger partial charge in [-0.1, -0.05) is 90.5 Å². The highest BCUT2D eigenvalue weighted by atomic mass is 16.5. The smallest absolute Gasteiger partial charge is 0.270 e. The van der Waals surface area contributed by atoms with Gasteiger partial charge in [0.25, 0.3) is 5.91 Å². The summed E-state index contributed by atoms with van der Waals surface area (Å²) >= 11 is 0. The molecule has 1 N–H and O–H groups in total. The van der Waals surface area contributed by atoms with E-state index >= 15 is 0 Å². The summed E-state index contributed by atoms with van der Waals surface area (Å²) in [6.07, 6.45) is 0.779. The van der Waals surface area contributed by atoms with Crippen molar-refractivity contribution >= 4 is 5.91 Å². The molecular weight excluding hydrogens is 470 g/mol. The Kier molecular flexibility index (Phi) is 7.65. The van der Waals surface area contributed by atoms with E-state index in [2.05, 4.69) is 53.8 Å². The van der Waals surface area contributed by atoms with Crippen molar-refractivity contribution in [3.63, 3.8) is 0 Å². The molecule has 0 radical (unpaired) electrons. The molecule has 5 rings (SSSR count). The molecular formula is C33H31N3O2. The van der Waals surface area contributed by atoms with Crippen LogP contribution in [0.25, 0.3) is 16.9 Å². The van der Waals surface area contributed by atoms with Crippen LogP contribution in [0, 0.1) is 6.92 Å². The van der Waals surface area contributed by atoms with Crippen LogP contribution in [-0.4, -0.2) is 29.3 Å². The predicted molar refractivity (Wildman–Crippen MR) is 152 cm³/mol. The lowest BCUT2D eigenvalue weighted by Gasteiger charge is -2.18. The molecule has 0 saturated heterocycles. The minimum Gasteiger partial charge on any atom is -0.497 e. The second-order valence-electron chi connectivity index (χ2n) is 9.31. The van der Waals surface area contributed by atoms with Crippen LogP contribution < -0.4 is 10.1 Å². The van der Waals surface area contributed by atoms with Gasteiger partial charge in [0, 0.05) is 18.0 Å². The number of rotatable bonds is 9. The number of amides is 1. The van der Waals surface area contributed by atoms with E-state index in [9.17, 15) is 4.79 Å². The Morgan fingerprint density at radius 2 is 1.50 bits per heavy atom. The van der Waals surface area contributed by atoms with Crippen LogP contribution in [0.1, 0.15) is 39.5 Å². The predicted octanol–water partition coefficient (Wildman–Crippen LogP) is 6.81. The van der Waals surface area contributed by atoms with E-state index in [1.165, 1.54) is 11.1 Å². The molecule has 190 valence electrons. The molecule has 1 heterocycles. The first-order valence-electron chi connectivity index (χ1n) is 12.8. The standard InChI is InChI=1S/C33H31N3O2/c1-24-16-18-28(19-17-24)36-32(23-31(35-36)27-14-9-15-29(22-27)38-2)33(37)34-21-20-30(25-10-5-3-6-11-25)26-12-7-4-8-13-26/h3-19,22-23,30H,20-21H2,1-2H3,(H,34,37). The van der Waals surface area contributed by atoms with Gasteiger partial charge in [0.05, 0.1) is 18.5 Å². The maximum atomic E-state index is 13.5. The van der Waals surface area contributed by atoms with Crippen molar-refractivity contribution in [1.82, 2.24) is 15.1 Å². The molecule has 1 amide bonds. The van der Waals surface area contributed by atoms with Gasteiger partial charge < -0.3 is 10.1 Å². The van der Waals surface area contributed by atoms with Gasteiger partial charge in [0.15, 0.2) is 0 Å². The highest BCUT2D eigenvalue weighted by Gasteiger charge is 2.19. The van der Waals surface area contributed by atoms with Gasteiger partial charge in [-0.05, 0) is 54.8 Å². The average molecular weight is 502 g/mol. The number of aryl methyl sites for hydroxylation is 1. The normalized spacial score (nSPS) is 10.9. The van der Waals surface area contributed by atoms with E-state index in [1.54, 1.807) is 11.8 Å². The van der Waals surface area contributed by atoms with Crippen LogP contribution in [0.15, 0.2) is 115 Å². The molecule has 0 aliphatic heterocycles. The van der Waals surface area contributed by atoms with E-state index in [4.69, 9.17) is 9.84 Å². The molecule has 5 heteroatoms. The number of nitrogens with one attached hydrogen (secondary N) is 1. The molecule has 0 atom stereocenters. The molecule has 0 fully saturated rings. The highest BCUT2D eigenvalue weighted by Crippen LogP contribution is 2.28. The fourth-order valence-electron chi connectivity index (χ4n) is 4.67. The lowest BCUT2D eigenvalue weighted by atomic mass is 9.88. The van der Waals surface area contributed by atoms with Crippen molar-refractivity contribution in [3.8, 4) is 22.7 Å². The van der Waals surface area contributed by atoms with Crippen LogP contribution in [0.4, 0.5) is 0 Å². The third-order valence-corrected chi connectivity index (χ3v) is 6.71. The SMILES string of the molecule is COc1cccc(-c2cc(C(=O)NCCC(c3ccccc3)c3ccccc3)n(-c3ccc(C)cc3)n2)c1. The van der Waals surface area contributed by atoms with Gasteiger partial charge in [-0.2, -0.15) is 5.10 Å². The number of benzene rings is 4. The van der Waals surface area contributed by atoms with E-state index in [1.807, 2.05) is 73.7 Å². The first kappa shape index (κ1) is 25.0. The number of hydrogen-bond donors (Lipinski definition) is 1. The highest BCUT2D eigenvalue weighted by molar-refractivity contribution is 5.94. The van der Waals surface area contributed by atoms with Gasteiger partial charge in [-0.3, -0.25) is 4.79 Å². The van der Waals surface area contributed by atoms with E-state index in [0.29, 0.717) is 17.9 Å². The van der Waals surface area contributed by atoms with Crippen LogP contribution in [0.5, 0.6) is 5.75 Å². The lowest BCUT2D eigenvalue weighted by Crippen LogP contribution is -2.28. The van der Waals surface area contributed by atoms with Gasteiger partial charge in [0.1, 0.15) is 11.4 Å². The summed E-state index contributed by atoms with van der Waals surface area (Å²) < 4.78 is 7.11. The molecule has 0 unspecified atom stereocenters. The Balaban J connectivity index is 1.40. The van der Waals surface area contributed by atoms with Gasteiger partial charge in [-0.25, -0.2) is 4.68 Å². The van der Waals surface area contributed by atoms with Crippen molar-refractivity contribution in [2.45, 2.75) is 19.3 Å². The third kappa shape index (κ3) is 5.68. The average Bonchev–Trinajstić information content (AvgIpc) is 3.42. The van der Waals surface area contributed by atoms with E-state index in [-0.39, 0.29) is 11.8 Å². The minimum atomic E-state index is -0.160. The maximum Gasteiger partial charge on any atom is 0.270 e. The zero-order valence-corrected chi connectivity index (χ0v) is 21.7. The van der Waals surface area contributed by atoms with Crippen LogP contribution >= 0.6 is 0 Å². The second-order valence-corrected chi connectivity index (χ2v) is 9.31. The van der Waals surface area contributed by atoms with Crippen molar-refractivity contribution in [3.05, 3.63) is 138 Å². The molecule has 5 aromatic rings. The molecule has 0 saturated carbocycles. The fourth-order valence-corrected chi connectivity index (χ4v) is 4.67. The second kappa shape index (κ2) is 11.6. The summed E-state index contributed by atoms with van der Waals surface area (Å²) in [6, 6.07) is 38.4. The summed E-state index contributed by atoms with van der Waals surface area (Å²) in [4.78, 5) is 13.5. The molecule has 0 bridgehead atoms. The number of hydrogen-bond acceptors (Lipinski definition) is 3. The van der Waals surface area contributed by atoms with Crippen LogP contribution in [0.2, 0.25) is 0 Å². The summed E-state index contributed by atoms with van der Waals surface area (Å²) in [6.45, 7) is 2.57. The molecule has 0 aliphatic carbocycles. The maximum absolute atomic E-state index is 13.5. The zero-order chi connectivity index (χ0) is 26.3. The Hall–Kier alpha value is -4.64. The van der Waals surface area contributed by atoms with Crippen molar-refractivity contribution in [1.29, 1.82) is 0 Å². The minimum absolute atomic E-state index is 0.160. The van der Waals surface area contributed by atoms with E-state index in [0.717, 1.165) is 29.0 Å². The summed E-state index contributed by atoms with van der Waals surface area (Å²) in [5.74, 6) is 0.769. The lowest BCUT2D eigenvalue weighted by molar-refractivity contribution is 0.0945. The third-order valence-electron chi connectivity index (χ3n) is 6.71. The first-order chi connectivity index (χ1) is 18.6. The van der Waals surface area contributed by atoms with Crippen LogP contribution in [0.3, 0.4) is 0 Å². The first-order valence-corrected chi connectivity index (χ1v) is 12.8. The number of aromatic nitrogens is 2. The quantitative estimate of drug-likeness (QED) is 0.241. The zero-order valence-electron chi connectivity index (χ0n) is 21.7. The fraction of sp³-hybridized carbons (Fsp3) is 0.152. The van der Waals surface area contributed by atoms with E-state index < -0.39 is 0 Å². The van der Waals surface area contributed by atoms with Gasteiger partial charge in [-0.15, -0.1) is 0 Å². The van der Waals surface area contributed by atoms with Gasteiger partial charge in [0.2, 0.25) is 0 Å². The summed E-state index contributed by atoms with van der Waals surface area (Å²) in [5, 5.41) is 7.97. The van der Waals surface area contributed by atoms with Crippen LogP contribution in [-0.2, 0) is 0 Å². The Morgan fingerprint density at radius 3 is 2.13 bits per heavy atom. The largest absolute Gasteiger partial charge is 0.497 e. The molecule has 0 aliphatic rings. The summed E-state index contributed by atoms with van der Waals surface area (Å²) in [5.41, 5.74) is 6.53. The monoisotopic (exact) mass is 501 g/mol. The van der Waals surface area contributed by atoms with Crippen molar-refractivity contribution in [2.75, 3.05) is 13.7 Å². The number of nitrogens with zero attached hydrogens (tertiary/aromatic N) is 2. The number of methoxy groups -OCH3 is 1. The Bertz CT molecular complexity index is 1450. The molecule has 5 nitrogen and oxygen atoms in total. The molecule has 38 heavy (non-hydrogen) atoms.